The van der Waals surface area contributed by atoms with Crippen molar-refractivity contribution >= 4 is 17.5 Å². The van der Waals surface area contributed by atoms with Crippen LogP contribution in [0.5, 0.6) is 0 Å². The Kier molecular flexibility index (Phi) is 4.23. The first-order chi connectivity index (χ1) is 10.1. The maximum absolute atomic E-state index is 13.1. The molecule has 0 N–H and O–H groups in total. The maximum atomic E-state index is 13.1. The zero-order chi connectivity index (χ0) is 16.5. The minimum atomic E-state index is -4.67. The lowest BCUT2D eigenvalue weighted by Crippen LogP contribution is -2.25. The molecule has 0 saturated heterocycles. The Morgan fingerprint density at radius 3 is 2.27 bits per heavy atom. The zero-order valence-corrected chi connectivity index (χ0v) is 12.9. The second-order valence-corrected chi connectivity index (χ2v) is 6.24. The lowest BCUT2D eigenvalue weighted by Gasteiger charge is -2.20. The molecule has 0 atom stereocenters. The molecule has 2 aromatic rings. The Bertz CT molecular complexity index is 676. The lowest BCUT2D eigenvalue weighted by molar-refractivity contribution is -0.135. The first kappa shape index (κ1) is 16.4. The zero-order valence-electron chi connectivity index (χ0n) is 12.1. The second kappa shape index (κ2) is 5.68. The summed E-state index contributed by atoms with van der Waals surface area (Å²) < 4.78 is 48.3. The molecule has 0 aliphatic heterocycles. The van der Waals surface area contributed by atoms with Crippen LogP contribution in [0.2, 0.25) is 0 Å². The summed E-state index contributed by atoms with van der Waals surface area (Å²) in [5.41, 5.74) is -1.13. The van der Waals surface area contributed by atoms with Gasteiger partial charge in [-0.05, 0) is 44.4 Å². The number of carbonyl (C=O) groups excluding carboxylic acids is 1. The molecule has 0 aliphatic rings. The first-order valence-electron chi connectivity index (χ1n) is 6.30. The largest absolute Gasteiger partial charge is 0.456 e. The number of rotatable bonds is 2. The van der Waals surface area contributed by atoms with Crippen molar-refractivity contribution in [1.29, 1.82) is 0 Å². The minimum absolute atomic E-state index is 0.0472. The molecular weight excluding hydrogens is 317 g/mol. The Balaban J connectivity index is 2.57. The third-order valence-electron chi connectivity index (χ3n) is 2.51. The second-order valence-electron chi connectivity index (χ2n) is 5.47. The van der Waals surface area contributed by atoms with Crippen LogP contribution >= 0.6 is 11.5 Å². The summed E-state index contributed by atoms with van der Waals surface area (Å²) in [6.07, 6.45) is -1.84. The highest BCUT2D eigenvalue weighted by molar-refractivity contribution is 7.06. The van der Waals surface area contributed by atoms with E-state index < -0.39 is 28.2 Å². The maximum Gasteiger partial charge on any atom is 0.428 e. The van der Waals surface area contributed by atoms with Crippen molar-refractivity contribution in [3.05, 3.63) is 35.0 Å². The van der Waals surface area contributed by atoms with Crippen molar-refractivity contribution in [3.8, 4) is 11.3 Å². The molecule has 0 unspecified atom stereocenters. The quantitative estimate of drug-likeness (QED) is 0.775. The van der Waals surface area contributed by atoms with Gasteiger partial charge in [-0.15, -0.1) is 0 Å². The summed E-state index contributed by atoms with van der Waals surface area (Å²) in [7, 11) is 0. The molecule has 2 aromatic heterocycles. The monoisotopic (exact) mass is 330 g/mol. The lowest BCUT2D eigenvalue weighted by atomic mass is 10.1. The Morgan fingerprint density at radius 2 is 1.77 bits per heavy atom. The summed E-state index contributed by atoms with van der Waals surface area (Å²) in [4.78, 5) is 14.9. The predicted octanol–water partition coefficient (Wildman–Crippen LogP) is 4.18. The molecular formula is C14H13F3N2O2S. The van der Waals surface area contributed by atoms with Gasteiger partial charge in [-0.2, -0.15) is 17.5 Å². The van der Waals surface area contributed by atoms with E-state index in [-0.39, 0.29) is 17.2 Å². The average molecular weight is 330 g/mol. The number of halogens is 3. The van der Waals surface area contributed by atoms with Crippen LogP contribution in [0.3, 0.4) is 0 Å². The number of nitrogens with zero attached hydrogens (tertiary/aromatic N) is 2. The van der Waals surface area contributed by atoms with Crippen molar-refractivity contribution in [2.24, 2.45) is 0 Å². The van der Waals surface area contributed by atoms with Gasteiger partial charge in [-0.25, -0.2) is 4.79 Å². The van der Waals surface area contributed by atoms with E-state index in [2.05, 4.69) is 9.36 Å². The van der Waals surface area contributed by atoms with E-state index in [1.54, 1.807) is 20.8 Å². The number of alkyl halides is 3. The summed E-state index contributed by atoms with van der Waals surface area (Å²) in [5, 5.41) is 0. The van der Waals surface area contributed by atoms with Gasteiger partial charge >= 0.3 is 12.1 Å². The fourth-order valence-corrected chi connectivity index (χ4v) is 2.46. The Labute approximate surface area is 129 Å². The van der Waals surface area contributed by atoms with Crippen LogP contribution in [0.25, 0.3) is 11.3 Å². The summed E-state index contributed by atoms with van der Waals surface area (Å²) in [6, 6.07) is 2.98. The van der Waals surface area contributed by atoms with Crippen molar-refractivity contribution in [2.75, 3.05) is 0 Å². The van der Waals surface area contributed by atoms with E-state index in [0.29, 0.717) is 5.56 Å². The van der Waals surface area contributed by atoms with Gasteiger partial charge in [0.15, 0.2) is 0 Å². The molecule has 0 radical (unpaired) electrons. The molecule has 0 aromatic carbocycles. The third kappa shape index (κ3) is 3.62. The smallest absolute Gasteiger partial charge is 0.428 e. The number of pyridine rings is 1. The molecule has 4 nitrogen and oxygen atoms in total. The van der Waals surface area contributed by atoms with Crippen LogP contribution in [0, 0.1) is 0 Å². The number of esters is 1. The van der Waals surface area contributed by atoms with E-state index in [0.717, 1.165) is 0 Å². The molecule has 0 saturated carbocycles. The molecule has 118 valence electrons. The fraction of sp³-hybridized carbons (Fsp3) is 0.357. The standard InChI is InChI=1S/C14H13F3N2O2S/c1-13(2,3)21-12(20)9-10(8-4-6-18-7-5-8)19-22-11(9)14(15,16)17/h4-7H,1-3H3. The van der Waals surface area contributed by atoms with Crippen LogP contribution in [0.15, 0.2) is 24.5 Å². The van der Waals surface area contributed by atoms with Crippen molar-refractivity contribution < 1.29 is 22.7 Å². The molecule has 0 aliphatic carbocycles. The van der Waals surface area contributed by atoms with Gasteiger partial charge in [0.1, 0.15) is 16.0 Å². The van der Waals surface area contributed by atoms with E-state index >= 15 is 0 Å². The number of hydrogen-bond donors (Lipinski definition) is 0. The summed E-state index contributed by atoms with van der Waals surface area (Å²) >= 11 is 0.236. The van der Waals surface area contributed by atoms with Crippen LogP contribution in [0.4, 0.5) is 13.2 Å². The molecule has 0 fully saturated rings. The number of aromatic nitrogens is 2. The molecule has 2 rings (SSSR count). The van der Waals surface area contributed by atoms with Crippen molar-refractivity contribution in [2.45, 2.75) is 32.5 Å². The molecule has 0 amide bonds. The highest BCUT2D eigenvalue weighted by atomic mass is 32.1. The van der Waals surface area contributed by atoms with Crippen LogP contribution < -0.4 is 0 Å². The molecule has 8 heteroatoms. The minimum Gasteiger partial charge on any atom is -0.456 e. The van der Waals surface area contributed by atoms with Gasteiger partial charge in [-0.1, -0.05) is 0 Å². The number of carbonyl (C=O) groups is 1. The van der Waals surface area contributed by atoms with Gasteiger partial charge in [-0.3, -0.25) is 4.98 Å². The Morgan fingerprint density at radius 1 is 1.18 bits per heavy atom. The molecule has 22 heavy (non-hydrogen) atoms. The van der Waals surface area contributed by atoms with Crippen molar-refractivity contribution in [1.82, 2.24) is 9.36 Å². The molecule has 0 bridgehead atoms. The topological polar surface area (TPSA) is 52.1 Å². The van der Waals surface area contributed by atoms with E-state index in [9.17, 15) is 18.0 Å². The van der Waals surface area contributed by atoms with Crippen molar-refractivity contribution in [3.63, 3.8) is 0 Å². The van der Waals surface area contributed by atoms with E-state index in [1.165, 1.54) is 24.5 Å². The van der Waals surface area contributed by atoms with Gasteiger partial charge in [0.05, 0.1) is 5.69 Å². The third-order valence-corrected chi connectivity index (χ3v) is 3.40. The van der Waals surface area contributed by atoms with Gasteiger partial charge < -0.3 is 4.74 Å². The van der Waals surface area contributed by atoms with Gasteiger partial charge in [0, 0.05) is 18.0 Å². The van der Waals surface area contributed by atoms with Crippen LogP contribution in [-0.4, -0.2) is 20.9 Å². The van der Waals surface area contributed by atoms with Crippen LogP contribution in [0.1, 0.15) is 36.0 Å². The molecule has 0 spiro atoms. The SMILES string of the molecule is CC(C)(C)OC(=O)c1c(-c2ccncc2)nsc1C(F)(F)F. The van der Waals surface area contributed by atoms with Crippen LogP contribution in [-0.2, 0) is 10.9 Å². The highest BCUT2D eigenvalue weighted by Gasteiger charge is 2.41. The number of hydrogen-bond acceptors (Lipinski definition) is 5. The first-order valence-corrected chi connectivity index (χ1v) is 7.07. The Hall–Kier alpha value is -1.96. The predicted molar refractivity (Wildman–Crippen MR) is 75.5 cm³/mol. The summed E-state index contributed by atoms with van der Waals surface area (Å²) in [5.74, 6) is -1.04. The van der Waals surface area contributed by atoms with Gasteiger partial charge in [0.25, 0.3) is 0 Å². The highest BCUT2D eigenvalue weighted by Crippen LogP contribution is 2.40. The molecule has 2 heterocycles. The summed E-state index contributed by atoms with van der Waals surface area (Å²) in [6.45, 7) is 4.76. The van der Waals surface area contributed by atoms with E-state index in [4.69, 9.17) is 4.74 Å². The van der Waals surface area contributed by atoms with Gasteiger partial charge in [0.2, 0.25) is 0 Å². The fourth-order valence-electron chi connectivity index (χ4n) is 1.71. The normalized spacial score (nSPS) is 12.3. The number of ether oxygens (including phenoxy) is 1. The average Bonchev–Trinajstić information content (AvgIpc) is 2.82. The van der Waals surface area contributed by atoms with E-state index in [1.807, 2.05) is 0 Å².